The Morgan fingerprint density at radius 3 is 2.65 bits per heavy atom. The fraction of sp³-hybridized carbons (Fsp3) is 0.238. The van der Waals surface area contributed by atoms with Crippen molar-refractivity contribution in [2.75, 3.05) is 5.32 Å². The Balaban J connectivity index is 1.59. The molecular formula is C21H17B3N8O2. The molecule has 4 heterocycles. The highest BCUT2D eigenvalue weighted by atomic mass is 16.2. The summed E-state index contributed by atoms with van der Waals surface area (Å²) in [5.41, 5.74) is 2.57. The number of nitrogens with zero attached hydrogens (tertiary/aromatic N) is 5. The summed E-state index contributed by atoms with van der Waals surface area (Å²) in [6.07, 6.45) is 6.27. The van der Waals surface area contributed by atoms with Gasteiger partial charge in [0.05, 0.1) is 46.0 Å². The zero-order chi connectivity index (χ0) is 24.0. The van der Waals surface area contributed by atoms with Gasteiger partial charge in [0.25, 0.3) is 5.91 Å². The molecule has 5 rings (SSSR count). The number of hydrogen-bond donors (Lipinski definition) is 3. The molecule has 4 aromatic rings. The molecule has 2 amide bonds. The van der Waals surface area contributed by atoms with Crippen molar-refractivity contribution in [3.05, 3.63) is 42.5 Å². The van der Waals surface area contributed by atoms with Crippen LogP contribution in [0.4, 0.5) is 5.82 Å². The van der Waals surface area contributed by atoms with E-state index in [1.54, 1.807) is 36.4 Å². The van der Waals surface area contributed by atoms with Crippen LogP contribution in [0.2, 0.25) is 0 Å². The SMILES string of the molecule is [B]C([B])([B])NC(=O)c1cnc(NC(=O)C2CC2)c2[nH]c(-c3cc(-c4ncn(C)n4)ccn3)cc12. The van der Waals surface area contributed by atoms with E-state index < -0.39 is 11.1 Å². The average Bonchev–Trinajstić information content (AvgIpc) is 3.39. The van der Waals surface area contributed by atoms with Crippen LogP contribution in [0.15, 0.2) is 36.9 Å². The van der Waals surface area contributed by atoms with Gasteiger partial charge in [-0.05, 0) is 31.0 Å². The normalized spacial score (nSPS) is 13.7. The van der Waals surface area contributed by atoms with E-state index in [2.05, 4.69) is 35.7 Å². The van der Waals surface area contributed by atoms with Crippen LogP contribution in [0.1, 0.15) is 23.2 Å². The molecule has 0 aromatic carbocycles. The van der Waals surface area contributed by atoms with E-state index in [-0.39, 0.29) is 17.4 Å². The molecule has 34 heavy (non-hydrogen) atoms. The van der Waals surface area contributed by atoms with Gasteiger partial charge >= 0.3 is 0 Å². The Morgan fingerprint density at radius 2 is 1.97 bits per heavy atom. The molecule has 0 aliphatic heterocycles. The summed E-state index contributed by atoms with van der Waals surface area (Å²) in [4.78, 5) is 41.4. The lowest BCUT2D eigenvalue weighted by atomic mass is 9.49. The summed E-state index contributed by atoms with van der Waals surface area (Å²) < 4.78 is 1.61. The summed E-state index contributed by atoms with van der Waals surface area (Å²) in [5, 5.41) is 8.05. The van der Waals surface area contributed by atoms with E-state index in [0.29, 0.717) is 33.9 Å². The summed E-state index contributed by atoms with van der Waals surface area (Å²) in [6, 6.07) is 5.36. The quantitative estimate of drug-likeness (QED) is 0.373. The molecule has 13 heteroatoms. The first-order valence-electron chi connectivity index (χ1n) is 10.5. The maximum Gasteiger partial charge on any atom is 0.251 e. The van der Waals surface area contributed by atoms with E-state index in [1.165, 1.54) is 6.20 Å². The molecule has 6 radical (unpaired) electrons. The van der Waals surface area contributed by atoms with Crippen molar-refractivity contribution in [2.45, 2.75) is 18.1 Å². The number of carbonyl (C=O) groups excluding carboxylic acids is 2. The molecule has 10 nitrogen and oxygen atoms in total. The number of aromatic amines is 1. The van der Waals surface area contributed by atoms with Crippen LogP contribution < -0.4 is 10.6 Å². The van der Waals surface area contributed by atoms with Gasteiger partial charge in [0, 0.05) is 36.3 Å². The lowest BCUT2D eigenvalue weighted by molar-refractivity contribution is -0.117. The largest absolute Gasteiger partial charge is 0.372 e. The van der Waals surface area contributed by atoms with Gasteiger partial charge in [-0.3, -0.25) is 19.3 Å². The van der Waals surface area contributed by atoms with Crippen LogP contribution in [0.5, 0.6) is 0 Å². The Hall–Kier alpha value is -3.89. The van der Waals surface area contributed by atoms with Crippen LogP contribution in [0.25, 0.3) is 33.7 Å². The van der Waals surface area contributed by atoms with E-state index in [0.717, 1.165) is 18.4 Å². The van der Waals surface area contributed by atoms with Crippen LogP contribution >= 0.6 is 0 Å². The van der Waals surface area contributed by atoms with Gasteiger partial charge < -0.3 is 15.6 Å². The number of H-pyrrole nitrogens is 1. The predicted octanol–water partition coefficient (Wildman–Crippen LogP) is 0.615. The van der Waals surface area contributed by atoms with Crippen molar-refractivity contribution in [1.82, 2.24) is 35.0 Å². The fourth-order valence-electron chi connectivity index (χ4n) is 3.55. The van der Waals surface area contributed by atoms with Gasteiger partial charge in [-0.25, -0.2) is 9.97 Å². The number of aryl methyl sites for hydroxylation is 1. The fourth-order valence-corrected chi connectivity index (χ4v) is 3.55. The molecule has 1 fully saturated rings. The average molecular weight is 446 g/mol. The highest BCUT2D eigenvalue weighted by Gasteiger charge is 2.30. The van der Waals surface area contributed by atoms with Crippen molar-refractivity contribution in [1.29, 1.82) is 0 Å². The Kier molecular flexibility index (Phi) is 5.26. The van der Waals surface area contributed by atoms with Gasteiger partial charge in [-0.2, -0.15) is 5.10 Å². The van der Waals surface area contributed by atoms with Gasteiger partial charge in [0.15, 0.2) is 11.6 Å². The predicted molar refractivity (Wildman–Crippen MR) is 128 cm³/mol. The standard InChI is InChI=1S/C21H17B3N8O2/c1-32-9-27-17(31-32)11-4-5-25-14(6-11)15-7-12-13(20(34)30-21(22,23)24)8-26-18(16(12)28-15)29-19(33)10-2-3-10/h4-10,28H,2-3H2,1H3,(H,30,34)(H,26,29,33). The lowest BCUT2D eigenvalue weighted by Crippen LogP contribution is -2.50. The first kappa shape index (κ1) is 21.9. The number of nitrogens with one attached hydrogen (secondary N) is 3. The first-order chi connectivity index (χ1) is 16.2. The summed E-state index contributed by atoms with van der Waals surface area (Å²) in [7, 11) is 18.4. The molecular weight excluding hydrogens is 429 g/mol. The van der Waals surface area contributed by atoms with E-state index in [9.17, 15) is 9.59 Å². The number of carbonyl (C=O) groups is 2. The second-order valence-electron chi connectivity index (χ2n) is 8.31. The van der Waals surface area contributed by atoms with E-state index in [1.807, 2.05) is 6.07 Å². The molecule has 3 N–H and O–H groups in total. The monoisotopic (exact) mass is 446 g/mol. The minimum Gasteiger partial charge on any atom is -0.372 e. The molecule has 0 bridgehead atoms. The molecule has 4 aromatic heterocycles. The molecule has 0 atom stereocenters. The van der Waals surface area contributed by atoms with Crippen molar-refractivity contribution in [3.63, 3.8) is 0 Å². The zero-order valence-corrected chi connectivity index (χ0v) is 18.2. The van der Waals surface area contributed by atoms with Crippen molar-refractivity contribution in [2.24, 2.45) is 13.0 Å². The number of fused-ring (bicyclic) bond motifs is 1. The Morgan fingerprint density at radius 1 is 1.18 bits per heavy atom. The number of rotatable bonds is 6. The summed E-state index contributed by atoms with van der Waals surface area (Å²) in [5.74, 6) is 0.0949. The third-order valence-corrected chi connectivity index (χ3v) is 5.33. The lowest BCUT2D eigenvalue weighted by Gasteiger charge is -2.22. The van der Waals surface area contributed by atoms with Crippen LogP contribution in [-0.2, 0) is 11.8 Å². The molecule has 0 unspecified atom stereocenters. The second kappa shape index (κ2) is 8.16. The molecule has 1 saturated carbocycles. The number of pyridine rings is 2. The molecule has 0 spiro atoms. The van der Waals surface area contributed by atoms with E-state index in [4.69, 9.17) is 23.5 Å². The van der Waals surface area contributed by atoms with E-state index >= 15 is 0 Å². The number of aromatic nitrogens is 6. The molecule has 1 aliphatic carbocycles. The Bertz CT molecular complexity index is 1420. The van der Waals surface area contributed by atoms with Crippen LogP contribution in [-0.4, -0.2) is 70.3 Å². The number of amides is 2. The third-order valence-electron chi connectivity index (χ3n) is 5.33. The minimum absolute atomic E-state index is 0.0224. The topological polar surface area (TPSA) is 130 Å². The highest BCUT2D eigenvalue weighted by molar-refractivity contribution is 6.60. The summed E-state index contributed by atoms with van der Waals surface area (Å²) >= 11 is 0. The van der Waals surface area contributed by atoms with Crippen LogP contribution in [0.3, 0.4) is 0 Å². The molecule has 1 aliphatic rings. The Labute approximate surface area is 198 Å². The molecule has 0 saturated heterocycles. The van der Waals surface area contributed by atoms with Crippen LogP contribution in [0, 0.1) is 5.92 Å². The van der Waals surface area contributed by atoms with Gasteiger partial charge in [-0.1, -0.05) is 5.24 Å². The number of hydrogen-bond acceptors (Lipinski definition) is 6. The smallest absolute Gasteiger partial charge is 0.251 e. The second-order valence-corrected chi connectivity index (χ2v) is 8.31. The minimum atomic E-state index is -1.91. The zero-order valence-electron chi connectivity index (χ0n) is 18.2. The maximum atomic E-state index is 12.8. The molecule has 162 valence electrons. The van der Waals surface area contributed by atoms with Crippen molar-refractivity contribution < 1.29 is 9.59 Å². The summed E-state index contributed by atoms with van der Waals surface area (Å²) in [6.45, 7) is 0. The third kappa shape index (κ3) is 4.46. The van der Waals surface area contributed by atoms with Crippen molar-refractivity contribution >= 4 is 52.1 Å². The van der Waals surface area contributed by atoms with Gasteiger partial charge in [0.2, 0.25) is 5.91 Å². The maximum absolute atomic E-state index is 12.8. The highest BCUT2D eigenvalue weighted by Crippen LogP contribution is 2.33. The van der Waals surface area contributed by atoms with Crippen molar-refractivity contribution in [3.8, 4) is 22.8 Å². The van der Waals surface area contributed by atoms with Gasteiger partial charge in [-0.15, -0.1) is 0 Å². The van der Waals surface area contributed by atoms with Gasteiger partial charge in [0.1, 0.15) is 6.33 Å². The first-order valence-corrected chi connectivity index (χ1v) is 10.5. The number of anilines is 1.